The summed E-state index contributed by atoms with van der Waals surface area (Å²) in [4.78, 5) is 32.3. The van der Waals surface area contributed by atoms with Crippen LogP contribution in [0, 0.1) is 0 Å². The van der Waals surface area contributed by atoms with E-state index >= 15 is 0 Å². The molecular weight excluding hydrogens is 498 g/mol. The molecule has 1 unspecified atom stereocenters. The van der Waals surface area contributed by atoms with Crippen molar-refractivity contribution in [2.45, 2.75) is 55.8 Å². The fourth-order valence-corrected chi connectivity index (χ4v) is 5.86. The van der Waals surface area contributed by atoms with Crippen molar-refractivity contribution in [3.05, 3.63) is 58.9 Å². The summed E-state index contributed by atoms with van der Waals surface area (Å²) in [5, 5.41) is 0.576. The van der Waals surface area contributed by atoms with Gasteiger partial charge < -0.3 is 14.2 Å². The number of nitrogens with zero attached hydrogens (tertiary/aromatic N) is 2. The fourth-order valence-electron chi connectivity index (χ4n) is 4.53. The number of hydrogen-bond acceptors (Lipinski definition) is 6. The normalized spacial score (nSPS) is 21.5. The SMILES string of the molecule is COC1(C(=O)/C2=C/CN(C(=O)c3ccc(-c4cncc(N[S+]([O-])C5CC5)c4)cc3Cl)CCCC2)CC1. The van der Waals surface area contributed by atoms with Gasteiger partial charge in [0.05, 0.1) is 28.1 Å². The first-order chi connectivity index (χ1) is 17.4. The Morgan fingerprint density at radius 2 is 2.00 bits per heavy atom. The molecule has 1 aliphatic heterocycles. The van der Waals surface area contributed by atoms with Gasteiger partial charge in [-0.25, -0.2) is 4.72 Å². The molecule has 2 aromatic rings. The van der Waals surface area contributed by atoms with Gasteiger partial charge in [-0.15, -0.1) is 0 Å². The van der Waals surface area contributed by atoms with Gasteiger partial charge in [-0.3, -0.25) is 14.6 Å². The van der Waals surface area contributed by atoms with Gasteiger partial charge in [-0.2, -0.15) is 0 Å². The molecule has 0 saturated heterocycles. The Labute approximate surface area is 219 Å². The number of aromatic nitrogens is 1. The van der Waals surface area contributed by atoms with Gasteiger partial charge in [-0.05, 0) is 61.4 Å². The van der Waals surface area contributed by atoms with Crippen LogP contribution in [0.5, 0.6) is 0 Å². The maximum absolute atomic E-state index is 13.4. The summed E-state index contributed by atoms with van der Waals surface area (Å²) in [5.74, 6) is -0.0919. The van der Waals surface area contributed by atoms with Gasteiger partial charge in [0, 0.05) is 44.8 Å². The van der Waals surface area contributed by atoms with Crippen LogP contribution in [0.15, 0.2) is 48.3 Å². The number of ether oxygens (including phenoxy) is 1. The van der Waals surface area contributed by atoms with Crippen LogP contribution in [-0.2, 0) is 20.9 Å². The molecule has 2 aliphatic carbocycles. The second-order valence-corrected chi connectivity index (χ2v) is 11.6. The first kappa shape index (κ1) is 25.3. The molecule has 190 valence electrons. The Balaban J connectivity index is 1.30. The maximum Gasteiger partial charge on any atom is 0.255 e. The van der Waals surface area contributed by atoms with Crippen LogP contribution in [0.3, 0.4) is 0 Å². The molecule has 1 aromatic carbocycles. The summed E-state index contributed by atoms with van der Waals surface area (Å²) in [6, 6.07) is 7.23. The molecule has 9 heteroatoms. The molecule has 1 aromatic heterocycles. The van der Waals surface area contributed by atoms with E-state index in [9.17, 15) is 14.1 Å². The zero-order chi connectivity index (χ0) is 25.3. The predicted molar refractivity (Wildman–Crippen MR) is 141 cm³/mol. The highest BCUT2D eigenvalue weighted by atomic mass is 35.5. The van der Waals surface area contributed by atoms with Gasteiger partial charge in [0.25, 0.3) is 5.91 Å². The quantitative estimate of drug-likeness (QED) is 0.488. The molecule has 0 spiro atoms. The van der Waals surface area contributed by atoms with Crippen LogP contribution in [0.4, 0.5) is 5.69 Å². The second kappa shape index (κ2) is 10.5. The number of benzene rings is 1. The second-order valence-electron chi connectivity index (χ2n) is 9.72. The lowest BCUT2D eigenvalue weighted by molar-refractivity contribution is -0.127. The van der Waals surface area contributed by atoms with Crippen molar-refractivity contribution < 1.29 is 18.9 Å². The summed E-state index contributed by atoms with van der Waals surface area (Å²) in [7, 11) is 1.59. The van der Waals surface area contributed by atoms with Crippen molar-refractivity contribution in [3.63, 3.8) is 0 Å². The zero-order valence-corrected chi connectivity index (χ0v) is 21.9. The third kappa shape index (κ3) is 5.47. The number of Topliss-reactive ketones (excluding diaryl/α,β-unsaturated/α-hetero) is 1. The number of pyridine rings is 1. The van der Waals surface area contributed by atoms with E-state index in [0.29, 0.717) is 29.4 Å². The standard InChI is InChI=1S/C27H30ClN3O4S/c1-35-27(10-11-27)25(32)18-4-2-3-12-31(13-9-18)26(33)23-8-5-19(15-24(23)28)20-14-21(17-29-16-20)30-36(34)22-6-7-22/h5,8-9,14-17,22,30H,2-4,6-7,10-13H2,1H3/b18-9+. The Kier molecular flexibility index (Phi) is 7.40. The van der Waals surface area contributed by atoms with Crippen molar-refractivity contribution in [2.75, 3.05) is 24.9 Å². The molecule has 5 rings (SSSR count). The lowest BCUT2D eigenvalue weighted by Gasteiger charge is -2.25. The molecule has 2 heterocycles. The summed E-state index contributed by atoms with van der Waals surface area (Å²) in [6.07, 6.45) is 11.1. The van der Waals surface area contributed by atoms with Crippen molar-refractivity contribution in [2.24, 2.45) is 0 Å². The Hall–Kier alpha value is -2.39. The van der Waals surface area contributed by atoms with Crippen LogP contribution in [0.25, 0.3) is 11.1 Å². The smallest absolute Gasteiger partial charge is 0.255 e. The number of rotatable bonds is 8. The zero-order valence-electron chi connectivity index (χ0n) is 20.3. The molecule has 2 fully saturated rings. The van der Waals surface area contributed by atoms with Crippen LogP contribution in [-0.4, -0.2) is 57.2 Å². The Morgan fingerprint density at radius 3 is 2.69 bits per heavy atom. The molecule has 1 amide bonds. The highest BCUT2D eigenvalue weighted by Crippen LogP contribution is 2.42. The first-order valence-corrected chi connectivity index (χ1v) is 14.0. The molecule has 2 saturated carbocycles. The van der Waals surface area contributed by atoms with E-state index < -0.39 is 17.0 Å². The lowest BCUT2D eigenvalue weighted by Crippen LogP contribution is -2.34. The lowest BCUT2D eigenvalue weighted by atomic mass is 9.97. The van der Waals surface area contributed by atoms with Gasteiger partial charge in [0.15, 0.2) is 5.78 Å². The van der Waals surface area contributed by atoms with E-state index in [4.69, 9.17) is 16.3 Å². The summed E-state index contributed by atoms with van der Waals surface area (Å²) in [6.45, 7) is 0.980. The molecular formula is C27H30ClN3O4S. The highest BCUT2D eigenvalue weighted by Gasteiger charge is 2.51. The number of hydrogen-bond donors (Lipinski definition) is 1. The predicted octanol–water partition coefficient (Wildman–Crippen LogP) is 4.94. The van der Waals surface area contributed by atoms with Crippen LogP contribution < -0.4 is 4.72 Å². The van der Waals surface area contributed by atoms with Crippen molar-refractivity contribution in [1.82, 2.24) is 9.88 Å². The number of amides is 1. The van der Waals surface area contributed by atoms with Crippen LogP contribution in [0.2, 0.25) is 5.02 Å². The number of carbonyl (C=O) groups is 2. The van der Waals surface area contributed by atoms with E-state index in [0.717, 1.165) is 61.6 Å². The fraction of sp³-hybridized carbons (Fsp3) is 0.444. The van der Waals surface area contributed by atoms with Crippen molar-refractivity contribution in [3.8, 4) is 11.1 Å². The monoisotopic (exact) mass is 527 g/mol. The van der Waals surface area contributed by atoms with E-state index in [2.05, 4.69) is 9.71 Å². The average Bonchev–Trinajstić information content (AvgIpc) is 3.77. The topological polar surface area (TPSA) is 94.6 Å². The average molecular weight is 528 g/mol. The summed E-state index contributed by atoms with van der Waals surface area (Å²) < 4.78 is 20.7. The highest BCUT2D eigenvalue weighted by molar-refractivity contribution is 7.93. The van der Waals surface area contributed by atoms with Gasteiger partial charge >= 0.3 is 0 Å². The number of methoxy groups -OCH3 is 1. The maximum atomic E-state index is 13.4. The van der Waals surface area contributed by atoms with Crippen LogP contribution >= 0.6 is 11.6 Å². The third-order valence-electron chi connectivity index (χ3n) is 7.09. The van der Waals surface area contributed by atoms with E-state index in [1.807, 2.05) is 18.2 Å². The number of carbonyl (C=O) groups excluding carboxylic acids is 2. The van der Waals surface area contributed by atoms with Crippen LogP contribution in [0.1, 0.15) is 55.3 Å². The largest absolute Gasteiger partial charge is 0.593 e. The van der Waals surface area contributed by atoms with E-state index in [-0.39, 0.29) is 16.9 Å². The van der Waals surface area contributed by atoms with Crippen molar-refractivity contribution >= 4 is 40.3 Å². The molecule has 1 N–H and O–H groups in total. The molecule has 0 radical (unpaired) electrons. The molecule has 3 aliphatic rings. The Morgan fingerprint density at radius 1 is 1.19 bits per heavy atom. The number of halogens is 1. The van der Waals surface area contributed by atoms with E-state index in [1.165, 1.54) is 0 Å². The van der Waals surface area contributed by atoms with E-state index in [1.54, 1.807) is 36.5 Å². The number of ketones is 1. The van der Waals surface area contributed by atoms with Gasteiger partial charge in [0.2, 0.25) is 0 Å². The minimum absolute atomic E-state index is 0.0629. The summed E-state index contributed by atoms with van der Waals surface area (Å²) in [5.41, 5.74) is 2.87. The van der Waals surface area contributed by atoms with Gasteiger partial charge in [0.1, 0.15) is 16.5 Å². The third-order valence-corrected chi connectivity index (χ3v) is 8.91. The number of nitrogens with one attached hydrogen (secondary N) is 1. The molecule has 36 heavy (non-hydrogen) atoms. The minimum Gasteiger partial charge on any atom is -0.593 e. The Bertz CT molecular complexity index is 1200. The number of anilines is 1. The summed E-state index contributed by atoms with van der Waals surface area (Å²) >= 11 is 5.49. The minimum atomic E-state index is -1.10. The molecule has 7 nitrogen and oxygen atoms in total. The van der Waals surface area contributed by atoms with Gasteiger partial charge in [-0.1, -0.05) is 23.7 Å². The van der Waals surface area contributed by atoms with Crippen molar-refractivity contribution in [1.29, 1.82) is 0 Å². The molecule has 1 atom stereocenters. The first-order valence-electron chi connectivity index (χ1n) is 12.4. The molecule has 0 bridgehead atoms.